The molecular formula is C22H16N2. The molecule has 0 fully saturated rings. The van der Waals surface area contributed by atoms with Crippen LogP contribution in [0.25, 0.3) is 0 Å². The van der Waals surface area contributed by atoms with E-state index in [9.17, 15) is 0 Å². The minimum absolute atomic E-state index is 0.628. The topological polar surface area (TPSA) is 28.7 Å². The molecule has 2 heteroatoms. The molecule has 2 nitrogen and oxygen atoms in total. The highest BCUT2D eigenvalue weighted by Crippen LogP contribution is 2.23. The minimum atomic E-state index is 0.628. The molecule has 1 aromatic carbocycles. The maximum absolute atomic E-state index is 8.74. The maximum Gasteiger partial charge on any atom is 0.0991 e. The zero-order valence-corrected chi connectivity index (χ0v) is 13.6. The Bertz CT molecular complexity index is 979. The summed E-state index contributed by atoms with van der Waals surface area (Å²) in [4.78, 5) is 0. The summed E-state index contributed by atoms with van der Waals surface area (Å²) < 4.78 is 2.19. The smallest absolute Gasteiger partial charge is 0.0991 e. The first kappa shape index (κ1) is 15.6. The van der Waals surface area contributed by atoms with E-state index in [1.807, 2.05) is 12.1 Å². The number of hydrogen-bond acceptors (Lipinski definition) is 1. The van der Waals surface area contributed by atoms with Gasteiger partial charge in [0.05, 0.1) is 17.3 Å². The van der Waals surface area contributed by atoms with Gasteiger partial charge < -0.3 is 4.57 Å². The molecule has 0 spiro atoms. The number of rotatable bonds is 0. The first-order valence-corrected chi connectivity index (χ1v) is 7.97. The summed E-state index contributed by atoms with van der Waals surface area (Å²) in [6.07, 6.45) is 4.85. The number of aromatic nitrogens is 1. The van der Waals surface area contributed by atoms with Crippen LogP contribution in [-0.2, 0) is 19.9 Å². The van der Waals surface area contributed by atoms with E-state index >= 15 is 0 Å². The van der Waals surface area contributed by atoms with Gasteiger partial charge in [-0.3, -0.25) is 0 Å². The van der Waals surface area contributed by atoms with E-state index in [0.717, 1.165) is 24.1 Å². The third-order valence-corrected chi connectivity index (χ3v) is 4.16. The van der Waals surface area contributed by atoms with Gasteiger partial charge in [-0.2, -0.15) is 5.26 Å². The fraction of sp³-hybridized carbons (Fsp3) is 0.227. The lowest BCUT2D eigenvalue weighted by Crippen LogP contribution is -2.05. The molecule has 114 valence electrons. The van der Waals surface area contributed by atoms with Gasteiger partial charge in [0.2, 0.25) is 0 Å². The van der Waals surface area contributed by atoms with Crippen molar-refractivity contribution in [3.05, 3.63) is 58.4 Å². The van der Waals surface area contributed by atoms with Crippen LogP contribution in [0.3, 0.4) is 0 Å². The van der Waals surface area contributed by atoms with E-state index < -0.39 is 0 Å². The van der Waals surface area contributed by atoms with E-state index in [1.165, 1.54) is 24.1 Å². The summed E-state index contributed by atoms with van der Waals surface area (Å²) >= 11 is 0. The molecule has 2 aromatic rings. The molecule has 1 aromatic heterocycles. The van der Waals surface area contributed by atoms with Crippen LogP contribution in [0.4, 0.5) is 0 Å². The van der Waals surface area contributed by atoms with Crippen molar-refractivity contribution in [3.63, 3.8) is 0 Å². The highest BCUT2D eigenvalue weighted by Gasteiger charge is 2.14. The van der Waals surface area contributed by atoms with Crippen LogP contribution in [0, 0.1) is 46.9 Å². The Morgan fingerprint density at radius 2 is 1.54 bits per heavy atom. The minimum Gasteiger partial charge on any atom is -0.341 e. The highest BCUT2D eigenvalue weighted by atomic mass is 15.0. The summed E-state index contributed by atoms with van der Waals surface area (Å²) in [5.74, 6) is 17.3. The summed E-state index contributed by atoms with van der Waals surface area (Å²) in [6, 6.07) is 11.4. The Balaban J connectivity index is 1.69. The normalized spacial score (nSPS) is 11.5. The summed E-state index contributed by atoms with van der Waals surface area (Å²) in [7, 11) is 2.08. The first-order valence-electron chi connectivity index (χ1n) is 7.97. The largest absolute Gasteiger partial charge is 0.341 e. The summed E-state index contributed by atoms with van der Waals surface area (Å²) in [5.41, 5.74) is 5.34. The molecule has 0 aliphatic heterocycles. The van der Waals surface area contributed by atoms with E-state index in [-0.39, 0.29) is 0 Å². The lowest BCUT2D eigenvalue weighted by Gasteiger charge is -2.12. The van der Waals surface area contributed by atoms with Crippen LogP contribution < -0.4 is 0 Å². The van der Waals surface area contributed by atoms with Gasteiger partial charge in [-0.15, -0.1) is 0 Å². The molecule has 0 atom stereocenters. The van der Waals surface area contributed by atoms with E-state index in [4.69, 9.17) is 5.26 Å². The van der Waals surface area contributed by atoms with E-state index in [0.29, 0.717) is 5.56 Å². The predicted octanol–water partition coefficient (Wildman–Crippen LogP) is 3.18. The van der Waals surface area contributed by atoms with Gasteiger partial charge in [-0.05, 0) is 91.2 Å². The SMILES string of the molecule is Cn1c(C#CC#CC#Cc2ccc(C#N)cc2)cc2c1CCCC2. The molecular weight excluding hydrogens is 292 g/mol. The number of aryl methyl sites for hydroxylation is 1. The molecule has 0 saturated heterocycles. The predicted molar refractivity (Wildman–Crippen MR) is 94.7 cm³/mol. The molecule has 0 bridgehead atoms. The number of hydrogen-bond donors (Lipinski definition) is 0. The maximum atomic E-state index is 8.74. The van der Waals surface area contributed by atoms with Crippen molar-refractivity contribution in [3.8, 4) is 41.6 Å². The highest BCUT2D eigenvalue weighted by molar-refractivity contribution is 5.47. The fourth-order valence-electron chi connectivity index (χ4n) is 2.87. The lowest BCUT2D eigenvalue weighted by molar-refractivity contribution is 0.647. The zero-order chi connectivity index (χ0) is 16.8. The molecule has 0 amide bonds. The molecule has 1 aliphatic rings. The van der Waals surface area contributed by atoms with Crippen LogP contribution >= 0.6 is 0 Å². The van der Waals surface area contributed by atoms with E-state index in [2.05, 4.69) is 59.3 Å². The Morgan fingerprint density at radius 1 is 0.875 bits per heavy atom. The van der Waals surface area contributed by atoms with Gasteiger partial charge in [0.1, 0.15) is 0 Å². The molecule has 3 rings (SSSR count). The number of fused-ring (bicyclic) bond motifs is 1. The van der Waals surface area contributed by atoms with Crippen molar-refractivity contribution < 1.29 is 0 Å². The standard InChI is InChI=1S/C22H16N2/c1-24-21(16-20-9-6-7-11-22(20)24)10-5-3-2-4-8-18-12-14-19(17-23)15-13-18/h12-16H,6-7,9,11H2,1H3. The van der Waals surface area contributed by atoms with Crippen LogP contribution in [0.2, 0.25) is 0 Å². The summed E-state index contributed by atoms with van der Waals surface area (Å²) in [6.45, 7) is 0. The van der Waals surface area contributed by atoms with Crippen LogP contribution in [0.1, 0.15) is 40.9 Å². The van der Waals surface area contributed by atoms with Gasteiger partial charge in [0.25, 0.3) is 0 Å². The molecule has 0 radical (unpaired) electrons. The Kier molecular flexibility index (Phi) is 4.73. The fourth-order valence-corrected chi connectivity index (χ4v) is 2.87. The molecule has 0 unspecified atom stereocenters. The molecule has 1 aliphatic carbocycles. The number of nitriles is 1. The molecule has 0 N–H and O–H groups in total. The Hall–Kier alpha value is -3.33. The van der Waals surface area contributed by atoms with Gasteiger partial charge >= 0.3 is 0 Å². The Morgan fingerprint density at radius 3 is 2.25 bits per heavy atom. The Labute approximate surface area is 143 Å². The lowest BCUT2D eigenvalue weighted by atomic mass is 9.98. The summed E-state index contributed by atoms with van der Waals surface area (Å²) in [5, 5.41) is 8.74. The van der Waals surface area contributed by atoms with Crippen molar-refractivity contribution in [2.75, 3.05) is 0 Å². The third kappa shape index (κ3) is 3.52. The van der Waals surface area contributed by atoms with Crippen molar-refractivity contribution >= 4 is 0 Å². The molecule has 24 heavy (non-hydrogen) atoms. The van der Waals surface area contributed by atoms with Gasteiger partial charge in [0, 0.05) is 18.3 Å². The second-order valence-electron chi connectivity index (χ2n) is 5.71. The monoisotopic (exact) mass is 308 g/mol. The van der Waals surface area contributed by atoms with Gasteiger partial charge in [0.15, 0.2) is 0 Å². The second-order valence-corrected chi connectivity index (χ2v) is 5.71. The number of nitrogens with zero attached hydrogens (tertiary/aromatic N) is 2. The van der Waals surface area contributed by atoms with Crippen LogP contribution in [-0.4, -0.2) is 4.57 Å². The first-order chi connectivity index (χ1) is 11.8. The third-order valence-electron chi connectivity index (χ3n) is 4.16. The van der Waals surface area contributed by atoms with Crippen LogP contribution in [0.15, 0.2) is 30.3 Å². The molecule has 1 heterocycles. The average Bonchev–Trinajstić information content (AvgIpc) is 2.95. The second kappa shape index (κ2) is 7.29. The van der Waals surface area contributed by atoms with E-state index in [1.54, 1.807) is 12.1 Å². The van der Waals surface area contributed by atoms with Gasteiger partial charge in [-0.25, -0.2) is 0 Å². The average molecular weight is 308 g/mol. The van der Waals surface area contributed by atoms with Crippen molar-refractivity contribution in [1.82, 2.24) is 4.57 Å². The quantitative estimate of drug-likeness (QED) is 0.687. The van der Waals surface area contributed by atoms with Crippen LogP contribution in [0.5, 0.6) is 0 Å². The zero-order valence-electron chi connectivity index (χ0n) is 13.6. The van der Waals surface area contributed by atoms with Crippen molar-refractivity contribution in [2.45, 2.75) is 25.7 Å². The van der Waals surface area contributed by atoms with Crippen molar-refractivity contribution in [1.29, 1.82) is 5.26 Å². The number of benzene rings is 1. The molecule has 0 saturated carbocycles. The van der Waals surface area contributed by atoms with Crippen molar-refractivity contribution in [2.24, 2.45) is 7.05 Å². The van der Waals surface area contributed by atoms with Gasteiger partial charge in [-0.1, -0.05) is 5.92 Å².